The Morgan fingerprint density at radius 3 is 2.62 bits per heavy atom. The first-order valence-electron chi connectivity index (χ1n) is 8.93. The van der Waals surface area contributed by atoms with Gasteiger partial charge in [-0.15, -0.1) is 0 Å². The Bertz CT molecular complexity index is 795. The maximum Gasteiger partial charge on any atom is 0.418 e. The summed E-state index contributed by atoms with van der Waals surface area (Å²) in [4.78, 5) is 12.6. The summed E-state index contributed by atoms with van der Waals surface area (Å²) in [5, 5.41) is 2.71. The molecular weight excluding hydrogens is 341 g/mol. The van der Waals surface area contributed by atoms with Crippen LogP contribution in [0.1, 0.15) is 60.0 Å². The van der Waals surface area contributed by atoms with Crippen molar-refractivity contribution in [1.29, 1.82) is 0 Å². The van der Waals surface area contributed by atoms with Crippen LogP contribution in [0.25, 0.3) is 0 Å². The molecule has 0 aliphatic heterocycles. The third kappa shape index (κ3) is 3.79. The van der Waals surface area contributed by atoms with E-state index < -0.39 is 17.6 Å². The molecule has 6 heteroatoms. The summed E-state index contributed by atoms with van der Waals surface area (Å²) in [6.45, 7) is 2.18. The fraction of sp³-hybridized carbons (Fsp3) is 0.450. The highest BCUT2D eigenvalue weighted by Gasteiger charge is 2.37. The Hall–Kier alpha value is -2.24. The molecule has 1 aromatic heterocycles. The van der Waals surface area contributed by atoms with Crippen molar-refractivity contribution in [1.82, 2.24) is 4.57 Å². The average molecular weight is 364 g/mol. The number of nitrogens with one attached hydrogen (secondary N) is 1. The second-order valence-corrected chi connectivity index (χ2v) is 7.07. The summed E-state index contributed by atoms with van der Waals surface area (Å²) in [7, 11) is 1.48. The Morgan fingerprint density at radius 1 is 1.23 bits per heavy atom. The summed E-state index contributed by atoms with van der Waals surface area (Å²) in [5.41, 5.74) is 0.354. The van der Waals surface area contributed by atoms with Crippen molar-refractivity contribution < 1.29 is 18.0 Å². The molecule has 1 fully saturated rings. The maximum atomic E-state index is 13.2. The summed E-state index contributed by atoms with van der Waals surface area (Å²) < 4.78 is 40.8. The highest BCUT2D eigenvalue weighted by Crippen LogP contribution is 2.42. The van der Waals surface area contributed by atoms with Gasteiger partial charge < -0.3 is 9.88 Å². The molecule has 0 saturated heterocycles. The molecule has 3 rings (SSSR count). The number of aromatic nitrogens is 1. The maximum absolute atomic E-state index is 13.2. The highest BCUT2D eigenvalue weighted by molar-refractivity contribution is 6.05. The van der Waals surface area contributed by atoms with E-state index in [1.807, 2.05) is 12.1 Å². The predicted molar refractivity (Wildman–Crippen MR) is 95.2 cm³/mol. The van der Waals surface area contributed by atoms with E-state index in [2.05, 4.69) is 12.2 Å². The van der Waals surface area contributed by atoms with Gasteiger partial charge in [-0.25, -0.2) is 0 Å². The minimum absolute atomic E-state index is 0.342. The number of hydrogen-bond donors (Lipinski definition) is 1. The van der Waals surface area contributed by atoms with Gasteiger partial charge in [0.25, 0.3) is 5.91 Å². The molecule has 1 aliphatic carbocycles. The number of carbonyl (C=O) groups excluding carboxylic acids is 1. The molecule has 1 heterocycles. The number of anilines is 1. The molecule has 0 bridgehead atoms. The van der Waals surface area contributed by atoms with E-state index in [4.69, 9.17) is 0 Å². The Kier molecular flexibility index (Phi) is 5.12. The number of nitrogens with zero attached hydrogens (tertiary/aromatic N) is 1. The van der Waals surface area contributed by atoms with Crippen molar-refractivity contribution in [3.63, 3.8) is 0 Å². The molecule has 1 N–H and O–H groups in total. The number of carbonyl (C=O) groups is 1. The van der Waals surface area contributed by atoms with Crippen LogP contribution in [0.15, 0.2) is 36.7 Å². The van der Waals surface area contributed by atoms with E-state index >= 15 is 0 Å². The van der Waals surface area contributed by atoms with Crippen LogP contribution in [0.5, 0.6) is 0 Å². The number of benzene rings is 1. The van der Waals surface area contributed by atoms with Gasteiger partial charge in [0.1, 0.15) is 0 Å². The molecule has 3 nitrogen and oxygen atoms in total. The molecule has 26 heavy (non-hydrogen) atoms. The number of alkyl halides is 3. The lowest BCUT2D eigenvalue weighted by molar-refractivity contribution is -0.137. The molecule has 140 valence electrons. The van der Waals surface area contributed by atoms with Gasteiger partial charge in [-0.05, 0) is 42.7 Å². The lowest BCUT2D eigenvalue weighted by atomic mass is 9.94. The molecular formula is C20H23F3N2O. The standard InChI is InChI=1S/C20H23F3N2O/c1-3-13-8-9-14(10-13)15-6-4-5-7-18(15)24-19(26)16-11-25(2)12-17(16)20(21,22)23/h4-7,11-14H,3,8-10H2,1-2H3,(H,24,26). The molecule has 0 radical (unpaired) electrons. The second-order valence-electron chi connectivity index (χ2n) is 7.07. The first-order chi connectivity index (χ1) is 12.3. The topological polar surface area (TPSA) is 34.0 Å². The van der Waals surface area contributed by atoms with Gasteiger partial charge in [0.2, 0.25) is 0 Å². The summed E-state index contributed by atoms with van der Waals surface area (Å²) in [6, 6.07) is 7.44. The van der Waals surface area contributed by atoms with Crippen LogP contribution >= 0.6 is 0 Å². The molecule has 1 amide bonds. The van der Waals surface area contributed by atoms with Gasteiger partial charge in [0.15, 0.2) is 0 Å². The predicted octanol–water partition coefficient (Wildman–Crippen LogP) is 5.59. The van der Waals surface area contributed by atoms with E-state index in [9.17, 15) is 18.0 Å². The van der Waals surface area contributed by atoms with Crippen molar-refractivity contribution in [2.75, 3.05) is 5.32 Å². The van der Waals surface area contributed by atoms with Crippen molar-refractivity contribution in [2.45, 2.75) is 44.7 Å². The summed E-state index contributed by atoms with van der Waals surface area (Å²) in [5.74, 6) is 0.291. The zero-order valence-electron chi connectivity index (χ0n) is 14.9. The van der Waals surface area contributed by atoms with E-state index in [-0.39, 0.29) is 5.56 Å². The molecule has 1 aromatic carbocycles. The normalized spacial score (nSPS) is 20.3. The van der Waals surface area contributed by atoms with Gasteiger partial charge in [-0.2, -0.15) is 13.2 Å². The summed E-state index contributed by atoms with van der Waals surface area (Å²) >= 11 is 0. The third-order valence-corrected chi connectivity index (χ3v) is 5.27. The Balaban J connectivity index is 1.86. The van der Waals surface area contributed by atoms with Crippen LogP contribution in [-0.4, -0.2) is 10.5 Å². The molecule has 1 aliphatic rings. The SMILES string of the molecule is CCC1CCC(c2ccccc2NC(=O)c2cn(C)cc2C(F)(F)F)C1. The smallest absolute Gasteiger partial charge is 0.356 e. The van der Waals surface area contributed by atoms with Gasteiger partial charge in [-0.3, -0.25) is 4.79 Å². The second kappa shape index (κ2) is 7.17. The minimum atomic E-state index is -4.56. The van der Waals surface area contributed by atoms with Crippen LogP contribution in [0.4, 0.5) is 18.9 Å². The van der Waals surface area contributed by atoms with Gasteiger partial charge >= 0.3 is 6.18 Å². The number of para-hydroxylation sites is 1. The van der Waals surface area contributed by atoms with Crippen LogP contribution in [0.3, 0.4) is 0 Å². The van der Waals surface area contributed by atoms with Crippen molar-refractivity contribution in [2.24, 2.45) is 13.0 Å². The zero-order valence-corrected chi connectivity index (χ0v) is 14.9. The first-order valence-corrected chi connectivity index (χ1v) is 8.93. The molecule has 0 spiro atoms. The van der Waals surface area contributed by atoms with E-state index in [0.717, 1.165) is 37.4 Å². The third-order valence-electron chi connectivity index (χ3n) is 5.27. The van der Waals surface area contributed by atoms with Crippen LogP contribution in [-0.2, 0) is 13.2 Å². The molecule has 2 atom stereocenters. The van der Waals surface area contributed by atoms with Crippen LogP contribution < -0.4 is 5.32 Å². The Labute approximate surface area is 151 Å². The van der Waals surface area contributed by atoms with Gasteiger partial charge in [0, 0.05) is 25.1 Å². The quantitative estimate of drug-likeness (QED) is 0.754. The molecule has 2 unspecified atom stereocenters. The van der Waals surface area contributed by atoms with E-state index in [1.54, 1.807) is 12.1 Å². The van der Waals surface area contributed by atoms with Crippen molar-refractivity contribution >= 4 is 11.6 Å². The van der Waals surface area contributed by atoms with Crippen molar-refractivity contribution in [3.8, 4) is 0 Å². The number of aryl methyl sites for hydroxylation is 1. The highest BCUT2D eigenvalue weighted by atomic mass is 19.4. The average Bonchev–Trinajstić information content (AvgIpc) is 3.21. The number of rotatable bonds is 4. The minimum Gasteiger partial charge on any atom is -0.356 e. The number of amides is 1. The van der Waals surface area contributed by atoms with Crippen molar-refractivity contribution in [3.05, 3.63) is 53.3 Å². The van der Waals surface area contributed by atoms with E-state index in [0.29, 0.717) is 17.5 Å². The first kappa shape index (κ1) is 18.5. The van der Waals surface area contributed by atoms with Crippen LogP contribution in [0.2, 0.25) is 0 Å². The zero-order chi connectivity index (χ0) is 18.9. The fourth-order valence-corrected chi connectivity index (χ4v) is 3.88. The Morgan fingerprint density at radius 2 is 1.96 bits per heavy atom. The largest absolute Gasteiger partial charge is 0.418 e. The fourth-order valence-electron chi connectivity index (χ4n) is 3.88. The van der Waals surface area contributed by atoms with E-state index in [1.165, 1.54) is 17.8 Å². The van der Waals surface area contributed by atoms with Crippen LogP contribution in [0, 0.1) is 5.92 Å². The molecule has 1 saturated carbocycles. The number of halogens is 3. The monoisotopic (exact) mass is 364 g/mol. The lowest BCUT2D eigenvalue weighted by Gasteiger charge is -2.17. The lowest BCUT2D eigenvalue weighted by Crippen LogP contribution is -2.18. The molecule has 2 aromatic rings. The van der Waals surface area contributed by atoms with Gasteiger partial charge in [0.05, 0.1) is 11.1 Å². The number of hydrogen-bond acceptors (Lipinski definition) is 1. The van der Waals surface area contributed by atoms with Gasteiger partial charge in [-0.1, -0.05) is 31.5 Å². The summed E-state index contributed by atoms with van der Waals surface area (Å²) in [6.07, 6.45) is 1.97.